The lowest BCUT2D eigenvalue weighted by molar-refractivity contribution is -0.0512. The SMILES string of the molecule is COc1ccc(C(=O)N2CCCC(c3nc4ccccc4[nH]3)C2)cc1OC(F)F. The maximum Gasteiger partial charge on any atom is 0.387 e. The van der Waals surface area contributed by atoms with E-state index in [9.17, 15) is 13.6 Å². The second kappa shape index (κ2) is 8.06. The van der Waals surface area contributed by atoms with Crippen molar-refractivity contribution in [1.82, 2.24) is 14.9 Å². The van der Waals surface area contributed by atoms with Crippen molar-refractivity contribution in [2.75, 3.05) is 20.2 Å². The normalized spacial score (nSPS) is 17.0. The van der Waals surface area contributed by atoms with Gasteiger partial charge < -0.3 is 19.4 Å². The molecule has 0 bridgehead atoms. The summed E-state index contributed by atoms with van der Waals surface area (Å²) in [5.74, 6) is 0.725. The number of amides is 1. The lowest BCUT2D eigenvalue weighted by Crippen LogP contribution is -2.39. The van der Waals surface area contributed by atoms with E-state index in [1.165, 1.54) is 19.2 Å². The summed E-state index contributed by atoms with van der Waals surface area (Å²) >= 11 is 0. The van der Waals surface area contributed by atoms with Gasteiger partial charge in [0.05, 0.1) is 18.1 Å². The third-order valence-electron chi connectivity index (χ3n) is 5.13. The highest BCUT2D eigenvalue weighted by Crippen LogP contribution is 2.32. The van der Waals surface area contributed by atoms with Gasteiger partial charge in [0.2, 0.25) is 0 Å². The molecule has 1 unspecified atom stereocenters. The van der Waals surface area contributed by atoms with Crippen molar-refractivity contribution >= 4 is 16.9 Å². The molecule has 1 aliphatic heterocycles. The summed E-state index contributed by atoms with van der Waals surface area (Å²) < 4.78 is 34.9. The van der Waals surface area contributed by atoms with Crippen LogP contribution < -0.4 is 9.47 Å². The Balaban J connectivity index is 1.54. The lowest BCUT2D eigenvalue weighted by Gasteiger charge is -2.32. The van der Waals surface area contributed by atoms with E-state index < -0.39 is 6.61 Å². The highest BCUT2D eigenvalue weighted by atomic mass is 19.3. The number of H-pyrrole nitrogens is 1. The molecule has 2 aromatic carbocycles. The molecule has 1 N–H and O–H groups in total. The molecule has 1 saturated heterocycles. The van der Waals surface area contributed by atoms with Gasteiger partial charge in [-0.05, 0) is 43.2 Å². The van der Waals surface area contributed by atoms with Crippen LogP contribution in [0.5, 0.6) is 11.5 Å². The molecule has 0 radical (unpaired) electrons. The largest absolute Gasteiger partial charge is 0.493 e. The number of carbonyl (C=O) groups is 1. The monoisotopic (exact) mass is 401 g/mol. The van der Waals surface area contributed by atoms with E-state index in [0.29, 0.717) is 13.1 Å². The van der Waals surface area contributed by atoms with Crippen molar-refractivity contribution in [1.29, 1.82) is 0 Å². The van der Waals surface area contributed by atoms with Crippen molar-refractivity contribution < 1.29 is 23.0 Å². The standard InChI is InChI=1S/C21H21F2N3O3/c1-28-17-9-8-13(11-18(17)29-21(22)23)20(27)26-10-4-5-14(12-26)19-24-15-6-2-3-7-16(15)25-19/h2-3,6-9,11,14,21H,4-5,10,12H2,1H3,(H,24,25). The maximum absolute atomic E-state index is 13.0. The summed E-state index contributed by atoms with van der Waals surface area (Å²) in [6, 6.07) is 12.1. The zero-order valence-corrected chi connectivity index (χ0v) is 15.9. The topological polar surface area (TPSA) is 67.5 Å². The molecule has 6 nitrogen and oxygen atoms in total. The zero-order valence-electron chi connectivity index (χ0n) is 15.9. The number of para-hydroxylation sites is 2. The third-order valence-corrected chi connectivity index (χ3v) is 5.13. The Morgan fingerprint density at radius 1 is 1.24 bits per heavy atom. The van der Waals surface area contributed by atoms with Crippen LogP contribution in [0.3, 0.4) is 0 Å². The van der Waals surface area contributed by atoms with E-state index in [2.05, 4.69) is 14.7 Å². The lowest BCUT2D eigenvalue weighted by atomic mass is 9.96. The number of likely N-dealkylation sites (tertiary alicyclic amines) is 1. The Labute approximate surface area is 166 Å². The average Bonchev–Trinajstić information content (AvgIpc) is 3.17. The first kappa shape index (κ1) is 19.2. The van der Waals surface area contributed by atoms with Gasteiger partial charge in [-0.15, -0.1) is 0 Å². The van der Waals surface area contributed by atoms with E-state index in [1.807, 2.05) is 24.3 Å². The van der Waals surface area contributed by atoms with E-state index >= 15 is 0 Å². The van der Waals surface area contributed by atoms with E-state index in [4.69, 9.17) is 4.74 Å². The smallest absolute Gasteiger partial charge is 0.387 e. The zero-order chi connectivity index (χ0) is 20.4. The highest BCUT2D eigenvalue weighted by Gasteiger charge is 2.28. The number of rotatable bonds is 5. The molecule has 3 aromatic rings. The molecule has 8 heteroatoms. The van der Waals surface area contributed by atoms with Gasteiger partial charge in [-0.3, -0.25) is 4.79 Å². The minimum absolute atomic E-state index is 0.0927. The summed E-state index contributed by atoms with van der Waals surface area (Å²) in [4.78, 5) is 22.7. The maximum atomic E-state index is 13.0. The molecule has 1 atom stereocenters. The van der Waals surface area contributed by atoms with Crippen molar-refractivity contribution in [3.05, 3.63) is 53.9 Å². The number of ether oxygens (including phenoxy) is 2. The number of aromatic nitrogens is 2. The van der Waals surface area contributed by atoms with Gasteiger partial charge in [0.1, 0.15) is 5.82 Å². The van der Waals surface area contributed by atoms with Crippen LogP contribution in [-0.2, 0) is 0 Å². The Morgan fingerprint density at radius 2 is 2.07 bits per heavy atom. The number of hydrogen-bond donors (Lipinski definition) is 1. The van der Waals surface area contributed by atoms with Crippen LogP contribution in [0.1, 0.15) is 34.9 Å². The van der Waals surface area contributed by atoms with Gasteiger partial charge >= 0.3 is 6.61 Å². The molecular weight excluding hydrogens is 380 g/mol. The van der Waals surface area contributed by atoms with Crippen molar-refractivity contribution in [2.45, 2.75) is 25.4 Å². The van der Waals surface area contributed by atoms with Crippen molar-refractivity contribution in [3.8, 4) is 11.5 Å². The fourth-order valence-electron chi connectivity index (χ4n) is 3.73. The quantitative estimate of drug-likeness (QED) is 0.696. The minimum atomic E-state index is -3.00. The van der Waals surface area contributed by atoms with Crippen molar-refractivity contribution in [3.63, 3.8) is 0 Å². The number of imidazole rings is 1. The molecular formula is C21H21F2N3O3. The fourth-order valence-corrected chi connectivity index (χ4v) is 3.73. The van der Waals surface area contributed by atoms with Crippen molar-refractivity contribution in [2.24, 2.45) is 0 Å². The number of piperidine rings is 1. The number of carbonyl (C=O) groups excluding carboxylic acids is 1. The van der Waals surface area contributed by atoms with Crippen LogP contribution in [0.2, 0.25) is 0 Å². The molecule has 1 aromatic heterocycles. The highest BCUT2D eigenvalue weighted by molar-refractivity contribution is 5.95. The first-order chi connectivity index (χ1) is 14.0. The number of aromatic amines is 1. The summed E-state index contributed by atoms with van der Waals surface area (Å²) in [5.41, 5.74) is 2.15. The van der Waals surface area contributed by atoms with Crippen LogP contribution in [0.15, 0.2) is 42.5 Å². The van der Waals surface area contributed by atoms with Gasteiger partial charge in [0.25, 0.3) is 5.91 Å². The second-order valence-corrected chi connectivity index (χ2v) is 6.97. The summed E-state index contributed by atoms with van der Waals surface area (Å²) in [5, 5.41) is 0. The predicted octanol–water partition coefficient (Wildman–Crippen LogP) is 4.19. The first-order valence-electron chi connectivity index (χ1n) is 9.42. The Morgan fingerprint density at radius 3 is 2.83 bits per heavy atom. The Kier molecular flexibility index (Phi) is 5.33. The molecule has 29 heavy (non-hydrogen) atoms. The first-order valence-corrected chi connectivity index (χ1v) is 9.42. The molecule has 1 fully saturated rings. The van der Waals surface area contributed by atoms with Gasteiger partial charge in [0.15, 0.2) is 11.5 Å². The third kappa shape index (κ3) is 4.01. The molecule has 152 valence electrons. The Bertz CT molecular complexity index is 988. The Hall–Kier alpha value is -3.16. The minimum Gasteiger partial charge on any atom is -0.493 e. The molecule has 2 heterocycles. The second-order valence-electron chi connectivity index (χ2n) is 6.97. The predicted molar refractivity (Wildman–Crippen MR) is 104 cm³/mol. The van der Waals surface area contributed by atoms with E-state index in [1.54, 1.807) is 11.0 Å². The summed E-state index contributed by atoms with van der Waals surface area (Å²) in [6.45, 7) is -1.88. The van der Waals surface area contributed by atoms with Gasteiger partial charge in [-0.1, -0.05) is 12.1 Å². The number of nitrogens with zero attached hydrogens (tertiary/aromatic N) is 2. The van der Waals surface area contributed by atoms with E-state index in [0.717, 1.165) is 29.7 Å². The van der Waals surface area contributed by atoms with Crippen LogP contribution >= 0.6 is 0 Å². The molecule has 4 rings (SSSR count). The van der Waals surface area contributed by atoms with Crippen LogP contribution in [0, 0.1) is 0 Å². The molecule has 0 spiro atoms. The van der Waals surface area contributed by atoms with Crippen LogP contribution in [0.25, 0.3) is 11.0 Å². The number of hydrogen-bond acceptors (Lipinski definition) is 4. The average molecular weight is 401 g/mol. The molecule has 1 amide bonds. The molecule has 0 saturated carbocycles. The number of nitrogens with one attached hydrogen (secondary N) is 1. The fraction of sp³-hybridized carbons (Fsp3) is 0.333. The van der Waals surface area contributed by atoms with E-state index in [-0.39, 0.29) is 28.9 Å². The molecule has 0 aliphatic carbocycles. The number of benzene rings is 2. The summed E-state index contributed by atoms with van der Waals surface area (Å²) in [7, 11) is 1.36. The number of fused-ring (bicyclic) bond motifs is 1. The van der Waals surface area contributed by atoms with Gasteiger partial charge in [0, 0.05) is 24.6 Å². The van der Waals surface area contributed by atoms with Gasteiger partial charge in [-0.25, -0.2) is 4.98 Å². The summed E-state index contributed by atoms with van der Waals surface area (Å²) in [6.07, 6.45) is 1.76. The van der Waals surface area contributed by atoms with Crippen LogP contribution in [-0.4, -0.2) is 47.6 Å². The van der Waals surface area contributed by atoms with Crippen LogP contribution in [0.4, 0.5) is 8.78 Å². The number of halogens is 2. The number of alkyl halides is 2. The number of methoxy groups -OCH3 is 1. The van der Waals surface area contributed by atoms with Gasteiger partial charge in [-0.2, -0.15) is 8.78 Å². The molecule has 1 aliphatic rings.